The van der Waals surface area contributed by atoms with Crippen molar-refractivity contribution in [3.8, 4) is 11.5 Å². The van der Waals surface area contributed by atoms with Gasteiger partial charge in [0.1, 0.15) is 28.5 Å². The van der Waals surface area contributed by atoms with Gasteiger partial charge in [-0.15, -0.1) is 0 Å². The molecule has 11 heteroatoms. The minimum atomic E-state index is -0.554. The number of aromatic nitrogens is 2. The molecule has 2 fully saturated rings. The molecule has 224 valence electrons. The lowest BCUT2D eigenvalue weighted by molar-refractivity contribution is 0.0204. The topological polar surface area (TPSA) is 87.8 Å². The Morgan fingerprint density at radius 2 is 1.60 bits per heavy atom. The summed E-state index contributed by atoms with van der Waals surface area (Å²) in [7, 11) is 0. The van der Waals surface area contributed by atoms with Gasteiger partial charge in [0.05, 0.1) is 15.7 Å². The van der Waals surface area contributed by atoms with E-state index in [4.69, 9.17) is 32.7 Å². The molecule has 8 nitrogen and oxygen atoms in total. The zero-order valence-electron chi connectivity index (χ0n) is 24.0. The van der Waals surface area contributed by atoms with Crippen LogP contribution in [0.1, 0.15) is 80.0 Å². The number of benzene rings is 2. The maximum atomic E-state index is 13.6. The minimum absolute atomic E-state index is 0.0720. The molecule has 0 bridgehead atoms. The van der Waals surface area contributed by atoms with Crippen molar-refractivity contribution in [1.82, 2.24) is 20.0 Å². The van der Waals surface area contributed by atoms with Gasteiger partial charge in [0, 0.05) is 49.8 Å². The lowest BCUT2D eigenvalue weighted by Gasteiger charge is -2.33. The molecular weight excluding hydrogens is 582 g/mol. The van der Waals surface area contributed by atoms with Crippen LogP contribution in [-0.4, -0.2) is 63.8 Å². The number of hydrogen-bond donors (Lipinski definition) is 1. The summed E-state index contributed by atoms with van der Waals surface area (Å²) in [6, 6.07) is 11.2. The first-order valence-corrected chi connectivity index (χ1v) is 15.0. The number of carbonyl (C=O) groups excluding carboxylic acids is 2. The Balaban J connectivity index is 1.18. The SMILES string of the molecule is CC(C)(C)OC(=O)N1CCC(c2cc(C3CCN(C(=O)c4c(Cl)cccc4Oc4ccc(F)c(Cl)c4)CC3)n[nH]2)CC1. The number of nitrogens with zero attached hydrogens (tertiary/aromatic N) is 3. The fourth-order valence-corrected chi connectivity index (χ4v) is 5.89. The number of rotatable bonds is 5. The van der Waals surface area contributed by atoms with Crippen molar-refractivity contribution in [3.63, 3.8) is 0 Å². The fraction of sp³-hybridized carbons (Fsp3) is 0.452. The molecule has 1 N–H and O–H groups in total. The lowest BCUT2D eigenvalue weighted by Crippen LogP contribution is -2.41. The Bertz CT molecular complexity index is 1440. The molecule has 2 aliphatic heterocycles. The van der Waals surface area contributed by atoms with Gasteiger partial charge in [-0.25, -0.2) is 9.18 Å². The predicted octanol–water partition coefficient (Wildman–Crippen LogP) is 7.78. The average molecular weight is 618 g/mol. The Morgan fingerprint density at radius 3 is 2.26 bits per heavy atom. The Kier molecular flexibility index (Phi) is 8.99. The molecule has 1 aromatic heterocycles. The molecule has 3 heterocycles. The first-order chi connectivity index (χ1) is 20.0. The number of nitrogens with one attached hydrogen (secondary N) is 1. The van der Waals surface area contributed by atoms with E-state index in [-0.39, 0.29) is 39.3 Å². The van der Waals surface area contributed by atoms with Crippen LogP contribution < -0.4 is 4.74 Å². The van der Waals surface area contributed by atoms with E-state index in [2.05, 4.69) is 16.3 Å². The number of likely N-dealkylation sites (tertiary alicyclic amines) is 2. The van der Waals surface area contributed by atoms with E-state index in [1.54, 1.807) is 28.0 Å². The standard InChI is InChI=1S/C31H35Cl2FN4O4/c1-31(2,3)42-30(40)38-15-11-20(12-16-38)26-18-25(35-36-26)19-9-13-37(14-10-19)29(39)28-22(32)5-4-6-27(28)41-21-7-8-24(34)23(33)17-21/h4-8,17-20H,9-16H2,1-3H3,(H,35,36). The summed E-state index contributed by atoms with van der Waals surface area (Å²) in [4.78, 5) is 29.5. The number of aromatic amines is 1. The van der Waals surface area contributed by atoms with E-state index >= 15 is 0 Å². The normalized spacial score (nSPS) is 16.9. The summed E-state index contributed by atoms with van der Waals surface area (Å²) in [5, 5.41) is 8.06. The zero-order valence-corrected chi connectivity index (χ0v) is 25.5. The van der Waals surface area contributed by atoms with E-state index in [1.807, 2.05) is 20.8 Å². The van der Waals surface area contributed by atoms with Crippen molar-refractivity contribution in [1.29, 1.82) is 0 Å². The molecule has 42 heavy (non-hydrogen) atoms. The van der Waals surface area contributed by atoms with Gasteiger partial charge in [-0.05, 0) is 76.8 Å². The number of piperidine rings is 2. The summed E-state index contributed by atoms with van der Waals surface area (Å²) in [6.45, 7) is 8.02. The molecule has 2 amide bonds. The summed E-state index contributed by atoms with van der Waals surface area (Å²) < 4.78 is 25.0. The highest BCUT2D eigenvalue weighted by Crippen LogP contribution is 2.36. The quantitative estimate of drug-likeness (QED) is 0.316. The second-order valence-electron chi connectivity index (χ2n) is 11.8. The van der Waals surface area contributed by atoms with Crippen LogP contribution in [0.15, 0.2) is 42.5 Å². The summed E-state index contributed by atoms with van der Waals surface area (Å²) >= 11 is 12.4. The number of ether oxygens (including phenoxy) is 2. The highest BCUT2D eigenvalue weighted by Gasteiger charge is 2.31. The van der Waals surface area contributed by atoms with Crippen molar-refractivity contribution in [2.75, 3.05) is 26.2 Å². The average Bonchev–Trinajstić information content (AvgIpc) is 3.45. The first kappa shape index (κ1) is 30.2. The third-order valence-corrected chi connectivity index (χ3v) is 8.32. The maximum Gasteiger partial charge on any atom is 0.410 e. The molecule has 2 aromatic carbocycles. The number of H-pyrrole nitrogens is 1. The Labute approximate surface area is 255 Å². The van der Waals surface area contributed by atoms with Crippen molar-refractivity contribution >= 4 is 35.2 Å². The van der Waals surface area contributed by atoms with Crippen LogP contribution in [0, 0.1) is 5.82 Å². The summed E-state index contributed by atoms with van der Waals surface area (Å²) in [5.41, 5.74) is 1.85. The molecule has 0 atom stereocenters. The number of carbonyl (C=O) groups is 2. The lowest BCUT2D eigenvalue weighted by atomic mass is 9.90. The van der Waals surface area contributed by atoms with Crippen LogP contribution in [-0.2, 0) is 4.74 Å². The van der Waals surface area contributed by atoms with Crippen molar-refractivity contribution < 1.29 is 23.5 Å². The van der Waals surface area contributed by atoms with Gasteiger partial charge in [0.15, 0.2) is 0 Å². The molecule has 0 spiro atoms. The number of halogens is 3. The van der Waals surface area contributed by atoms with Crippen molar-refractivity contribution in [2.24, 2.45) is 0 Å². The van der Waals surface area contributed by atoms with Crippen LogP contribution >= 0.6 is 23.2 Å². The molecular formula is C31H35Cl2FN4O4. The van der Waals surface area contributed by atoms with Crippen LogP contribution in [0.25, 0.3) is 0 Å². The van der Waals surface area contributed by atoms with E-state index in [1.165, 1.54) is 18.2 Å². The highest BCUT2D eigenvalue weighted by molar-refractivity contribution is 6.34. The van der Waals surface area contributed by atoms with Crippen LogP contribution in [0.4, 0.5) is 9.18 Å². The molecule has 0 aliphatic carbocycles. The molecule has 0 radical (unpaired) electrons. The summed E-state index contributed by atoms with van der Waals surface area (Å²) in [6.07, 6.45) is 2.96. The largest absolute Gasteiger partial charge is 0.456 e. The van der Waals surface area contributed by atoms with Gasteiger partial charge in [0.2, 0.25) is 0 Å². The molecule has 0 unspecified atom stereocenters. The second-order valence-corrected chi connectivity index (χ2v) is 12.7. The van der Waals surface area contributed by atoms with E-state index in [0.29, 0.717) is 37.8 Å². The predicted molar refractivity (Wildman–Crippen MR) is 159 cm³/mol. The number of amides is 2. The minimum Gasteiger partial charge on any atom is -0.456 e. The third kappa shape index (κ3) is 7.01. The highest BCUT2D eigenvalue weighted by atomic mass is 35.5. The molecule has 2 saturated heterocycles. The van der Waals surface area contributed by atoms with E-state index in [9.17, 15) is 14.0 Å². The van der Waals surface area contributed by atoms with E-state index in [0.717, 1.165) is 37.1 Å². The van der Waals surface area contributed by atoms with Crippen LogP contribution in [0.2, 0.25) is 10.0 Å². The van der Waals surface area contributed by atoms with Gasteiger partial charge in [-0.3, -0.25) is 9.89 Å². The Hall–Kier alpha value is -3.30. The second kappa shape index (κ2) is 12.5. The first-order valence-electron chi connectivity index (χ1n) is 14.2. The molecule has 2 aliphatic rings. The smallest absolute Gasteiger partial charge is 0.410 e. The number of hydrogen-bond acceptors (Lipinski definition) is 5. The van der Waals surface area contributed by atoms with Gasteiger partial charge in [-0.2, -0.15) is 5.10 Å². The molecule has 0 saturated carbocycles. The van der Waals surface area contributed by atoms with E-state index < -0.39 is 11.4 Å². The van der Waals surface area contributed by atoms with Crippen molar-refractivity contribution in [2.45, 2.75) is 63.9 Å². The fourth-order valence-electron chi connectivity index (χ4n) is 5.47. The van der Waals surface area contributed by atoms with Crippen molar-refractivity contribution in [3.05, 3.63) is 75.3 Å². The Morgan fingerprint density at radius 1 is 0.929 bits per heavy atom. The molecule has 3 aromatic rings. The van der Waals surface area contributed by atoms with Gasteiger partial charge in [0.25, 0.3) is 5.91 Å². The van der Waals surface area contributed by atoms with Crippen LogP contribution in [0.3, 0.4) is 0 Å². The monoisotopic (exact) mass is 616 g/mol. The zero-order chi connectivity index (χ0) is 30.0. The van der Waals surface area contributed by atoms with Crippen LogP contribution in [0.5, 0.6) is 11.5 Å². The van der Waals surface area contributed by atoms with Gasteiger partial charge in [-0.1, -0.05) is 29.3 Å². The summed E-state index contributed by atoms with van der Waals surface area (Å²) in [5.74, 6) is 0.349. The van der Waals surface area contributed by atoms with Gasteiger partial charge < -0.3 is 19.3 Å². The van der Waals surface area contributed by atoms with Gasteiger partial charge >= 0.3 is 6.09 Å². The maximum absolute atomic E-state index is 13.6. The third-order valence-electron chi connectivity index (χ3n) is 7.71. The molecule has 5 rings (SSSR count).